The van der Waals surface area contributed by atoms with Gasteiger partial charge in [0.1, 0.15) is 0 Å². The first kappa shape index (κ1) is 14.1. The molecule has 1 atom stereocenters. The lowest BCUT2D eigenvalue weighted by Crippen LogP contribution is -2.47. The summed E-state index contributed by atoms with van der Waals surface area (Å²) in [5.41, 5.74) is 0.587. The highest BCUT2D eigenvalue weighted by molar-refractivity contribution is 5.75. The van der Waals surface area contributed by atoms with Gasteiger partial charge in [-0.25, -0.2) is 4.98 Å². The van der Waals surface area contributed by atoms with E-state index in [-0.39, 0.29) is 0 Å². The predicted octanol–water partition coefficient (Wildman–Crippen LogP) is 1.89. The van der Waals surface area contributed by atoms with E-state index < -0.39 is 11.4 Å². The molecule has 19 heavy (non-hydrogen) atoms. The topological polar surface area (TPSA) is 58.4 Å². The van der Waals surface area contributed by atoms with Crippen LogP contribution < -0.4 is 0 Å². The van der Waals surface area contributed by atoms with E-state index in [0.29, 0.717) is 6.54 Å². The van der Waals surface area contributed by atoms with Gasteiger partial charge in [0, 0.05) is 26.3 Å². The van der Waals surface area contributed by atoms with E-state index in [1.54, 1.807) is 6.33 Å². The van der Waals surface area contributed by atoms with E-state index in [4.69, 9.17) is 0 Å². The predicted molar refractivity (Wildman–Crippen MR) is 72.7 cm³/mol. The van der Waals surface area contributed by atoms with E-state index in [2.05, 4.69) is 16.8 Å². The maximum Gasteiger partial charge on any atom is 0.310 e. The quantitative estimate of drug-likeness (QED) is 0.883. The molecule has 1 N–H and O–H groups in total. The maximum absolute atomic E-state index is 11.6. The third-order valence-corrected chi connectivity index (χ3v) is 4.14. The normalized spacial score (nSPS) is 24.5. The van der Waals surface area contributed by atoms with Crippen LogP contribution in [0.15, 0.2) is 12.5 Å². The van der Waals surface area contributed by atoms with Crippen molar-refractivity contribution in [2.45, 2.75) is 39.2 Å². The number of carbonyl (C=O) groups is 1. The molecule has 1 fully saturated rings. The molecule has 1 aromatic rings. The summed E-state index contributed by atoms with van der Waals surface area (Å²) < 4.78 is 2.00. The van der Waals surface area contributed by atoms with Crippen LogP contribution in [0.5, 0.6) is 0 Å². The first-order valence-electron chi connectivity index (χ1n) is 6.98. The van der Waals surface area contributed by atoms with Gasteiger partial charge in [0.05, 0.1) is 17.4 Å². The lowest BCUT2D eigenvalue weighted by atomic mass is 9.76. The average Bonchev–Trinajstić information content (AvgIpc) is 2.76. The smallest absolute Gasteiger partial charge is 0.310 e. The van der Waals surface area contributed by atoms with Crippen LogP contribution >= 0.6 is 0 Å². The average molecular weight is 265 g/mol. The third-order valence-electron chi connectivity index (χ3n) is 4.14. The number of carboxylic acids is 1. The van der Waals surface area contributed by atoms with Gasteiger partial charge in [-0.05, 0) is 25.8 Å². The number of likely N-dealkylation sites (tertiary alicyclic amines) is 1. The molecule has 0 saturated carbocycles. The Morgan fingerprint density at radius 2 is 2.37 bits per heavy atom. The van der Waals surface area contributed by atoms with E-state index in [1.165, 1.54) is 0 Å². The Morgan fingerprint density at radius 3 is 2.95 bits per heavy atom. The van der Waals surface area contributed by atoms with Gasteiger partial charge in [-0.1, -0.05) is 13.3 Å². The summed E-state index contributed by atoms with van der Waals surface area (Å²) in [5, 5.41) is 9.57. The molecule has 5 nitrogen and oxygen atoms in total. The Labute approximate surface area is 114 Å². The first-order valence-corrected chi connectivity index (χ1v) is 6.98. The minimum absolute atomic E-state index is 0.550. The first-order chi connectivity index (χ1) is 9.07. The van der Waals surface area contributed by atoms with E-state index >= 15 is 0 Å². The maximum atomic E-state index is 11.6. The molecule has 2 heterocycles. The van der Waals surface area contributed by atoms with E-state index in [0.717, 1.165) is 44.5 Å². The number of aryl methyl sites for hydroxylation is 1. The van der Waals surface area contributed by atoms with Crippen LogP contribution in [0, 0.1) is 5.41 Å². The Kier molecular flexibility index (Phi) is 4.24. The highest BCUT2D eigenvalue weighted by atomic mass is 16.4. The van der Waals surface area contributed by atoms with Gasteiger partial charge in [0.25, 0.3) is 0 Å². The fraction of sp³-hybridized carbons (Fsp3) is 0.714. The minimum atomic E-state index is -0.635. The fourth-order valence-electron chi connectivity index (χ4n) is 3.09. The fourth-order valence-corrected chi connectivity index (χ4v) is 3.09. The molecule has 0 amide bonds. The number of rotatable bonds is 5. The van der Waals surface area contributed by atoms with Gasteiger partial charge in [0.15, 0.2) is 0 Å². The number of hydrogen-bond donors (Lipinski definition) is 1. The third kappa shape index (κ3) is 2.97. The van der Waals surface area contributed by atoms with Crippen LogP contribution in [0.25, 0.3) is 0 Å². The lowest BCUT2D eigenvalue weighted by Gasteiger charge is -2.39. The summed E-state index contributed by atoms with van der Waals surface area (Å²) >= 11 is 0. The second-order valence-electron chi connectivity index (χ2n) is 5.65. The van der Waals surface area contributed by atoms with Crippen molar-refractivity contribution >= 4 is 5.97 Å². The Balaban J connectivity index is 2.07. The number of nitrogens with zero attached hydrogens (tertiary/aromatic N) is 3. The number of imidazole rings is 1. The lowest BCUT2D eigenvalue weighted by molar-refractivity contribution is -0.153. The standard InChI is InChI=1S/C14H23N3O2/c1-3-5-14(13(18)19)6-4-7-17(10-14)9-12-8-15-11-16(12)2/h8,11H,3-7,9-10H2,1-2H3,(H,18,19). The molecule has 0 aliphatic carbocycles. The van der Waals surface area contributed by atoms with Crippen LogP contribution in [0.2, 0.25) is 0 Å². The largest absolute Gasteiger partial charge is 0.481 e. The molecule has 106 valence electrons. The molecule has 1 aliphatic heterocycles. The van der Waals surface area contributed by atoms with Crippen LogP contribution in [0.3, 0.4) is 0 Å². The zero-order chi connectivity index (χ0) is 13.9. The second kappa shape index (κ2) is 5.74. The number of hydrogen-bond acceptors (Lipinski definition) is 3. The van der Waals surface area contributed by atoms with Crippen molar-refractivity contribution in [2.75, 3.05) is 13.1 Å². The van der Waals surface area contributed by atoms with Crippen molar-refractivity contribution in [3.8, 4) is 0 Å². The van der Waals surface area contributed by atoms with Crippen molar-refractivity contribution in [1.82, 2.24) is 14.5 Å². The minimum Gasteiger partial charge on any atom is -0.481 e. The molecule has 0 bridgehead atoms. The zero-order valence-electron chi connectivity index (χ0n) is 11.8. The van der Waals surface area contributed by atoms with E-state index in [1.807, 2.05) is 17.8 Å². The summed E-state index contributed by atoms with van der Waals surface area (Å²) in [6.45, 7) is 4.48. The van der Waals surface area contributed by atoms with Gasteiger partial charge in [0.2, 0.25) is 0 Å². The number of piperidine rings is 1. The number of aliphatic carboxylic acids is 1. The van der Waals surface area contributed by atoms with Crippen molar-refractivity contribution in [2.24, 2.45) is 12.5 Å². The summed E-state index contributed by atoms with van der Waals surface area (Å²) in [7, 11) is 1.97. The molecule has 0 radical (unpaired) electrons. The summed E-state index contributed by atoms with van der Waals surface area (Å²) in [6, 6.07) is 0. The van der Waals surface area contributed by atoms with Crippen LogP contribution in [0.4, 0.5) is 0 Å². The number of carboxylic acid groups (broad SMARTS) is 1. The van der Waals surface area contributed by atoms with Crippen molar-refractivity contribution in [3.63, 3.8) is 0 Å². The van der Waals surface area contributed by atoms with Gasteiger partial charge in [-0.3, -0.25) is 9.69 Å². The SMILES string of the molecule is CCCC1(C(=O)O)CCCN(Cc2cncn2C)C1. The summed E-state index contributed by atoms with van der Waals surface area (Å²) in [6.07, 6.45) is 7.10. The summed E-state index contributed by atoms with van der Waals surface area (Å²) in [5.74, 6) is -0.635. The molecule has 0 aromatic carbocycles. The van der Waals surface area contributed by atoms with Crippen molar-refractivity contribution < 1.29 is 9.90 Å². The molecule has 1 aromatic heterocycles. The van der Waals surface area contributed by atoms with Gasteiger partial charge >= 0.3 is 5.97 Å². The number of aromatic nitrogens is 2. The molecule has 1 saturated heterocycles. The van der Waals surface area contributed by atoms with Crippen LogP contribution in [-0.2, 0) is 18.4 Å². The van der Waals surface area contributed by atoms with E-state index in [9.17, 15) is 9.90 Å². The zero-order valence-corrected chi connectivity index (χ0v) is 11.8. The van der Waals surface area contributed by atoms with Crippen molar-refractivity contribution in [1.29, 1.82) is 0 Å². The Hall–Kier alpha value is -1.36. The monoisotopic (exact) mass is 265 g/mol. The Morgan fingerprint density at radius 1 is 1.58 bits per heavy atom. The molecular formula is C14H23N3O2. The molecule has 0 spiro atoms. The molecule has 2 rings (SSSR count). The van der Waals surface area contributed by atoms with Crippen molar-refractivity contribution in [3.05, 3.63) is 18.2 Å². The summed E-state index contributed by atoms with van der Waals surface area (Å²) in [4.78, 5) is 18.0. The Bertz CT molecular complexity index is 440. The van der Waals surface area contributed by atoms with Gasteiger partial charge in [-0.15, -0.1) is 0 Å². The van der Waals surface area contributed by atoms with Crippen LogP contribution in [-0.4, -0.2) is 38.6 Å². The molecule has 5 heteroatoms. The molecule has 1 aliphatic rings. The molecule has 1 unspecified atom stereocenters. The molecular weight excluding hydrogens is 242 g/mol. The van der Waals surface area contributed by atoms with Gasteiger partial charge in [-0.2, -0.15) is 0 Å². The van der Waals surface area contributed by atoms with Crippen LogP contribution in [0.1, 0.15) is 38.3 Å². The highest BCUT2D eigenvalue weighted by Gasteiger charge is 2.41. The highest BCUT2D eigenvalue weighted by Crippen LogP contribution is 2.35. The van der Waals surface area contributed by atoms with Gasteiger partial charge < -0.3 is 9.67 Å². The second-order valence-corrected chi connectivity index (χ2v) is 5.65.